The van der Waals surface area contributed by atoms with Crippen LogP contribution >= 0.6 is 11.3 Å². The molecule has 0 saturated heterocycles. The van der Waals surface area contributed by atoms with Crippen molar-refractivity contribution in [1.29, 1.82) is 0 Å². The van der Waals surface area contributed by atoms with Crippen LogP contribution in [0.2, 0.25) is 0 Å². The summed E-state index contributed by atoms with van der Waals surface area (Å²) in [4.78, 5) is 13.8. The van der Waals surface area contributed by atoms with Crippen LogP contribution in [-0.4, -0.2) is 39.3 Å². The maximum Gasteiger partial charge on any atom is 0.307 e. The second-order valence-electron chi connectivity index (χ2n) is 4.55. The highest BCUT2D eigenvalue weighted by Gasteiger charge is 2.18. The average Bonchev–Trinajstić information content (AvgIpc) is 3.08. The van der Waals surface area contributed by atoms with E-state index in [9.17, 15) is 4.79 Å². The molecule has 2 rings (SSSR count). The van der Waals surface area contributed by atoms with Gasteiger partial charge < -0.3 is 9.52 Å². The summed E-state index contributed by atoms with van der Waals surface area (Å²) in [5.41, 5.74) is 0. The Labute approximate surface area is 121 Å². The number of rotatable bonds is 7. The molecule has 7 heteroatoms. The number of aromatic nitrogens is 2. The summed E-state index contributed by atoms with van der Waals surface area (Å²) in [5, 5.41) is 18.9. The molecule has 1 atom stereocenters. The van der Waals surface area contributed by atoms with E-state index in [0.717, 1.165) is 11.4 Å². The molecule has 0 aromatic carbocycles. The van der Waals surface area contributed by atoms with Crippen molar-refractivity contribution in [3.63, 3.8) is 0 Å². The van der Waals surface area contributed by atoms with Gasteiger partial charge in [-0.25, -0.2) is 0 Å². The number of carboxylic acids is 1. The third-order valence-corrected chi connectivity index (χ3v) is 3.82. The molecule has 20 heavy (non-hydrogen) atoms. The summed E-state index contributed by atoms with van der Waals surface area (Å²) in [6.07, 6.45) is 0. The molecule has 2 aromatic heterocycles. The molecule has 0 bridgehead atoms. The fourth-order valence-corrected chi connectivity index (χ4v) is 2.42. The molecule has 2 heterocycles. The highest BCUT2D eigenvalue weighted by Crippen LogP contribution is 2.23. The van der Waals surface area contributed by atoms with Gasteiger partial charge in [-0.1, -0.05) is 19.9 Å². The minimum Gasteiger partial charge on any atom is -0.481 e. The van der Waals surface area contributed by atoms with Crippen LogP contribution in [0.1, 0.15) is 19.7 Å². The molecule has 2 aromatic rings. The normalized spacial score (nSPS) is 12.8. The number of aliphatic carboxylic acids is 1. The van der Waals surface area contributed by atoms with Gasteiger partial charge in [0, 0.05) is 6.54 Å². The van der Waals surface area contributed by atoms with Crippen LogP contribution in [0, 0.1) is 5.92 Å². The highest BCUT2D eigenvalue weighted by atomic mass is 32.1. The molecule has 0 saturated carbocycles. The number of hydrogen-bond donors (Lipinski definition) is 1. The Kier molecular flexibility index (Phi) is 4.86. The lowest BCUT2D eigenvalue weighted by Crippen LogP contribution is -2.31. The second kappa shape index (κ2) is 6.62. The summed E-state index contributed by atoms with van der Waals surface area (Å²) in [5.74, 6) is -0.201. The van der Waals surface area contributed by atoms with Crippen LogP contribution in [0.3, 0.4) is 0 Å². The first-order chi connectivity index (χ1) is 9.60. The van der Waals surface area contributed by atoms with E-state index in [1.807, 2.05) is 29.3 Å². The topological polar surface area (TPSA) is 79.5 Å². The fraction of sp³-hybridized carbons (Fsp3) is 0.462. The van der Waals surface area contributed by atoms with Gasteiger partial charge in [-0.15, -0.1) is 21.5 Å². The number of carbonyl (C=O) groups is 1. The molecule has 0 spiro atoms. The van der Waals surface area contributed by atoms with Gasteiger partial charge >= 0.3 is 5.97 Å². The molecule has 108 valence electrons. The van der Waals surface area contributed by atoms with Gasteiger partial charge in [-0.3, -0.25) is 9.69 Å². The first-order valence-electron chi connectivity index (χ1n) is 6.41. The van der Waals surface area contributed by atoms with Crippen LogP contribution in [0.5, 0.6) is 0 Å². The minimum absolute atomic E-state index is 0.422. The lowest BCUT2D eigenvalue weighted by molar-refractivity contribution is -0.141. The van der Waals surface area contributed by atoms with Gasteiger partial charge in [-0.05, 0) is 18.0 Å². The standard InChI is InChI=1S/C13H17N3O3S/c1-3-16(7-9(2)13(17)18)8-11-14-15-12(19-11)10-5-4-6-20-10/h4-6,9H,3,7-8H2,1-2H3,(H,17,18). The van der Waals surface area contributed by atoms with Crippen molar-refractivity contribution < 1.29 is 14.3 Å². The summed E-state index contributed by atoms with van der Waals surface area (Å²) in [6, 6.07) is 3.85. The molecule has 0 aliphatic rings. The van der Waals surface area contributed by atoms with Crippen LogP contribution < -0.4 is 0 Å². The lowest BCUT2D eigenvalue weighted by atomic mass is 10.2. The van der Waals surface area contributed by atoms with Gasteiger partial charge in [0.2, 0.25) is 5.89 Å². The number of hydrogen-bond acceptors (Lipinski definition) is 6. The van der Waals surface area contributed by atoms with Crippen molar-refractivity contribution >= 4 is 17.3 Å². The predicted octanol–water partition coefficient (Wildman–Crippen LogP) is 2.34. The van der Waals surface area contributed by atoms with Gasteiger partial charge in [0.15, 0.2) is 0 Å². The van der Waals surface area contributed by atoms with E-state index >= 15 is 0 Å². The van der Waals surface area contributed by atoms with Crippen molar-refractivity contribution in [2.75, 3.05) is 13.1 Å². The van der Waals surface area contributed by atoms with E-state index in [4.69, 9.17) is 9.52 Å². The average molecular weight is 295 g/mol. The second-order valence-corrected chi connectivity index (χ2v) is 5.49. The third-order valence-electron chi connectivity index (χ3n) is 2.96. The summed E-state index contributed by atoms with van der Waals surface area (Å²) in [7, 11) is 0. The monoisotopic (exact) mass is 295 g/mol. The number of thiophene rings is 1. The SMILES string of the molecule is CCN(Cc1nnc(-c2cccs2)o1)CC(C)C(=O)O. The maximum atomic E-state index is 10.9. The Bertz CT molecular complexity index is 553. The zero-order valence-electron chi connectivity index (χ0n) is 11.4. The van der Waals surface area contributed by atoms with Crippen LogP contribution in [0.15, 0.2) is 21.9 Å². The highest BCUT2D eigenvalue weighted by molar-refractivity contribution is 7.13. The zero-order chi connectivity index (χ0) is 14.5. The van der Waals surface area contributed by atoms with Gasteiger partial charge in [-0.2, -0.15) is 0 Å². The zero-order valence-corrected chi connectivity index (χ0v) is 12.3. The largest absolute Gasteiger partial charge is 0.481 e. The Balaban J connectivity index is 1.99. The van der Waals surface area contributed by atoms with Crippen molar-refractivity contribution in [3.05, 3.63) is 23.4 Å². The Hall–Kier alpha value is -1.73. The summed E-state index contributed by atoms with van der Waals surface area (Å²) >= 11 is 1.54. The Morgan fingerprint density at radius 1 is 1.55 bits per heavy atom. The maximum absolute atomic E-state index is 10.9. The first kappa shape index (κ1) is 14.7. The Morgan fingerprint density at radius 3 is 2.95 bits per heavy atom. The molecule has 6 nitrogen and oxygen atoms in total. The van der Waals surface area contributed by atoms with Crippen molar-refractivity contribution in [2.24, 2.45) is 5.92 Å². The molecule has 1 N–H and O–H groups in total. The minimum atomic E-state index is -0.798. The Morgan fingerprint density at radius 2 is 2.35 bits per heavy atom. The van der Waals surface area contributed by atoms with E-state index in [1.54, 1.807) is 18.3 Å². The van der Waals surface area contributed by atoms with Gasteiger partial charge in [0.25, 0.3) is 5.89 Å². The van der Waals surface area contributed by atoms with E-state index in [1.165, 1.54) is 0 Å². The quantitative estimate of drug-likeness (QED) is 0.844. The molecule has 0 radical (unpaired) electrons. The van der Waals surface area contributed by atoms with Crippen molar-refractivity contribution in [2.45, 2.75) is 20.4 Å². The smallest absolute Gasteiger partial charge is 0.307 e. The van der Waals surface area contributed by atoms with Crippen LogP contribution in [-0.2, 0) is 11.3 Å². The predicted molar refractivity (Wildman–Crippen MR) is 75.4 cm³/mol. The van der Waals surface area contributed by atoms with E-state index in [0.29, 0.717) is 24.9 Å². The van der Waals surface area contributed by atoms with E-state index in [-0.39, 0.29) is 0 Å². The summed E-state index contributed by atoms with van der Waals surface area (Å²) < 4.78 is 5.60. The summed E-state index contributed by atoms with van der Waals surface area (Å²) in [6.45, 7) is 5.32. The first-order valence-corrected chi connectivity index (χ1v) is 7.29. The number of carboxylic acid groups (broad SMARTS) is 1. The molecular formula is C13H17N3O3S. The van der Waals surface area contributed by atoms with Crippen LogP contribution in [0.4, 0.5) is 0 Å². The molecule has 0 fully saturated rings. The fourth-order valence-electron chi connectivity index (χ4n) is 1.78. The van der Waals surface area contributed by atoms with E-state index < -0.39 is 11.9 Å². The number of nitrogens with zero attached hydrogens (tertiary/aromatic N) is 3. The molecule has 0 aliphatic carbocycles. The van der Waals surface area contributed by atoms with Crippen molar-refractivity contribution in [1.82, 2.24) is 15.1 Å². The molecule has 0 aliphatic heterocycles. The van der Waals surface area contributed by atoms with Gasteiger partial charge in [0.1, 0.15) is 0 Å². The van der Waals surface area contributed by atoms with Crippen LogP contribution in [0.25, 0.3) is 10.8 Å². The molecule has 1 unspecified atom stereocenters. The van der Waals surface area contributed by atoms with E-state index in [2.05, 4.69) is 10.2 Å². The molecular weight excluding hydrogens is 278 g/mol. The van der Waals surface area contributed by atoms with Crippen molar-refractivity contribution in [3.8, 4) is 10.8 Å². The lowest BCUT2D eigenvalue weighted by Gasteiger charge is -2.20. The third kappa shape index (κ3) is 3.64. The molecule has 0 amide bonds. The van der Waals surface area contributed by atoms with Gasteiger partial charge in [0.05, 0.1) is 17.3 Å².